The lowest BCUT2D eigenvalue weighted by Crippen LogP contribution is -2.60. The van der Waals surface area contributed by atoms with Gasteiger partial charge in [0, 0.05) is 23.2 Å². The zero-order chi connectivity index (χ0) is 23.1. The first kappa shape index (κ1) is 22.3. The average molecular weight is 437 g/mol. The second-order valence-corrected chi connectivity index (χ2v) is 9.22. The van der Waals surface area contributed by atoms with Crippen LogP contribution in [-0.2, 0) is 16.1 Å². The quantitative estimate of drug-likeness (QED) is 0.418. The molecule has 0 bridgehead atoms. The molecule has 6 heteroatoms. The van der Waals surface area contributed by atoms with Crippen LogP contribution in [0.25, 0.3) is 0 Å². The summed E-state index contributed by atoms with van der Waals surface area (Å²) in [7, 11) is 0. The van der Waals surface area contributed by atoms with Gasteiger partial charge in [0.15, 0.2) is 0 Å². The third-order valence-electron chi connectivity index (χ3n) is 6.71. The van der Waals surface area contributed by atoms with Crippen molar-refractivity contribution in [3.05, 3.63) is 58.7 Å². The van der Waals surface area contributed by atoms with Crippen molar-refractivity contribution in [3.8, 4) is 5.75 Å². The number of carbonyl (C=O) groups is 2. The highest BCUT2D eigenvalue weighted by Crippen LogP contribution is 2.59. The Kier molecular flexibility index (Phi) is 5.76. The van der Waals surface area contributed by atoms with Crippen LogP contribution in [0.3, 0.4) is 0 Å². The number of nitrogen functional groups attached to an aromatic ring is 1. The van der Waals surface area contributed by atoms with Crippen LogP contribution < -0.4 is 15.8 Å². The van der Waals surface area contributed by atoms with Gasteiger partial charge < -0.3 is 20.9 Å². The Labute approximate surface area is 189 Å². The van der Waals surface area contributed by atoms with Gasteiger partial charge in [-0.2, -0.15) is 0 Å². The van der Waals surface area contributed by atoms with Crippen LogP contribution in [0.4, 0.5) is 5.69 Å². The number of carbonyl (C=O) groups excluding carboxylic acids is 2. The van der Waals surface area contributed by atoms with Crippen molar-refractivity contribution in [2.45, 2.75) is 76.5 Å². The summed E-state index contributed by atoms with van der Waals surface area (Å²) in [5.41, 5.74) is 6.60. The van der Waals surface area contributed by atoms with E-state index in [1.807, 2.05) is 12.1 Å². The van der Waals surface area contributed by atoms with Crippen molar-refractivity contribution >= 4 is 17.4 Å². The molecule has 2 atom stereocenters. The summed E-state index contributed by atoms with van der Waals surface area (Å²) < 4.78 is 6.09. The van der Waals surface area contributed by atoms with Crippen molar-refractivity contribution in [2.24, 2.45) is 0 Å². The van der Waals surface area contributed by atoms with Crippen molar-refractivity contribution in [2.75, 3.05) is 5.73 Å². The maximum Gasteiger partial charge on any atom is 0.271 e. The number of ether oxygens (including phenoxy) is 1. The second kappa shape index (κ2) is 8.24. The first-order chi connectivity index (χ1) is 15.3. The molecule has 4 N–H and O–H groups in total. The molecule has 0 fully saturated rings. The Balaban J connectivity index is 1.75. The van der Waals surface area contributed by atoms with E-state index in [2.05, 4.69) is 26.1 Å². The molecule has 32 heavy (non-hydrogen) atoms. The highest BCUT2D eigenvalue weighted by atomic mass is 16.6. The first-order valence-corrected chi connectivity index (χ1v) is 11.6. The molecule has 1 aliphatic heterocycles. The van der Waals surface area contributed by atoms with Gasteiger partial charge in [0.25, 0.3) is 5.79 Å². The molecule has 0 unspecified atom stereocenters. The van der Waals surface area contributed by atoms with Crippen molar-refractivity contribution in [1.82, 2.24) is 5.32 Å². The van der Waals surface area contributed by atoms with E-state index < -0.39 is 17.1 Å². The van der Waals surface area contributed by atoms with E-state index in [4.69, 9.17) is 10.5 Å². The minimum atomic E-state index is -2.05. The van der Waals surface area contributed by atoms with Crippen LogP contribution in [0, 0.1) is 0 Å². The molecule has 2 aromatic rings. The third kappa shape index (κ3) is 3.20. The standard InChI is InChI=1S/C26H32N2O4/c1-4-5-6-7-8-12-22(29)28-25-18-14-13-17(16(2)3)15-21(18)32-26(25,31)19-10-9-11-20(27)23(19)24(25)30/h9-11,13-16,31H,4-8,12,27H2,1-3H3,(H,28,29)/t25-,26+/m0/s1. The monoisotopic (exact) mass is 436 g/mol. The summed E-state index contributed by atoms with van der Waals surface area (Å²) in [6, 6.07) is 10.5. The zero-order valence-electron chi connectivity index (χ0n) is 19.0. The number of rotatable bonds is 8. The number of Topliss-reactive ketones (excluding diaryl/α,β-unsaturated/α-hetero) is 1. The third-order valence-corrected chi connectivity index (χ3v) is 6.71. The molecule has 2 aliphatic rings. The van der Waals surface area contributed by atoms with Crippen LogP contribution in [0.15, 0.2) is 36.4 Å². The number of nitrogens with two attached hydrogens (primary N) is 1. The van der Waals surface area contributed by atoms with Crippen molar-refractivity contribution < 1.29 is 19.4 Å². The lowest BCUT2D eigenvalue weighted by atomic mass is 9.82. The number of unbranched alkanes of at least 4 members (excludes halogenated alkanes) is 4. The van der Waals surface area contributed by atoms with Gasteiger partial charge in [0.2, 0.25) is 17.2 Å². The number of hydrogen-bond donors (Lipinski definition) is 3. The highest BCUT2D eigenvalue weighted by molar-refractivity contribution is 6.15. The SMILES string of the molecule is CCCCCCCC(=O)N[C@@]12C(=O)c3c(N)cccc3[C@@]1(O)Oc1cc(C(C)C)ccc12. The molecular weight excluding hydrogens is 404 g/mol. The second-order valence-electron chi connectivity index (χ2n) is 9.22. The maximum atomic E-state index is 13.8. The van der Waals surface area contributed by atoms with Crippen molar-refractivity contribution in [3.63, 3.8) is 0 Å². The molecule has 0 saturated heterocycles. The number of nitrogens with one attached hydrogen (secondary N) is 1. The van der Waals surface area contributed by atoms with E-state index in [1.165, 1.54) is 0 Å². The number of fused-ring (bicyclic) bond motifs is 5. The van der Waals surface area contributed by atoms with Gasteiger partial charge in [-0.15, -0.1) is 0 Å². The number of hydrogen-bond acceptors (Lipinski definition) is 5. The van der Waals surface area contributed by atoms with E-state index in [9.17, 15) is 14.7 Å². The summed E-state index contributed by atoms with van der Waals surface area (Å²) in [5.74, 6) is -2.13. The molecule has 0 spiro atoms. The molecule has 0 saturated carbocycles. The fourth-order valence-electron chi connectivity index (χ4n) is 4.91. The van der Waals surface area contributed by atoms with Crippen molar-refractivity contribution in [1.29, 1.82) is 0 Å². The molecule has 2 aromatic carbocycles. The molecule has 1 amide bonds. The van der Waals surface area contributed by atoms with Gasteiger partial charge in [-0.1, -0.05) is 70.7 Å². The van der Waals surface area contributed by atoms with E-state index in [0.717, 1.165) is 37.7 Å². The number of ketones is 1. The van der Waals surface area contributed by atoms with Crippen LogP contribution >= 0.6 is 0 Å². The Bertz CT molecular complexity index is 1060. The van der Waals surface area contributed by atoms with Crippen LogP contribution in [0.5, 0.6) is 5.75 Å². The molecule has 0 radical (unpaired) electrons. The van der Waals surface area contributed by atoms with Gasteiger partial charge in [0.05, 0.1) is 5.56 Å². The Morgan fingerprint density at radius 2 is 1.88 bits per heavy atom. The molecule has 0 aromatic heterocycles. The van der Waals surface area contributed by atoms with Gasteiger partial charge in [-0.25, -0.2) is 0 Å². The Morgan fingerprint density at radius 1 is 1.12 bits per heavy atom. The van der Waals surface area contributed by atoms with E-state index in [0.29, 0.717) is 11.3 Å². The van der Waals surface area contributed by atoms with Crippen LogP contribution in [0.2, 0.25) is 0 Å². The largest absolute Gasteiger partial charge is 0.454 e. The van der Waals surface area contributed by atoms with Crippen LogP contribution in [-0.4, -0.2) is 16.8 Å². The fourth-order valence-corrected chi connectivity index (χ4v) is 4.91. The van der Waals surface area contributed by atoms with Crippen LogP contribution in [0.1, 0.15) is 92.3 Å². The molecular formula is C26H32N2O4. The molecule has 170 valence electrons. The summed E-state index contributed by atoms with van der Waals surface area (Å²) >= 11 is 0. The number of benzene rings is 2. The molecule has 4 rings (SSSR count). The van der Waals surface area contributed by atoms with E-state index >= 15 is 0 Å². The molecule has 1 heterocycles. The number of aliphatic hydroxyl groups is 1. The Hall–Kier alpha value is -2.86. The minimum absolute atomic E-state index is 0.205. The molecule has 1 aliphatic carbocycles. The first-order valence-electron chi connectivity index (χ1n) is 11.6. The normalized spacial score (nSPS) is 23.0. The predicted octanol–water partition coefficient (Wildman–Crippen LogP) is 4.50. The number of amides is 1. The lowest BCUT2D eigenvalue weighted by molar-refractivity contribution is -0.175. The lowest BCUT2D eigenvalue weighted by Gasteiger charge is -2.34. The smallest absolute Gasteiger partial charge is 0.271 e. The summed E-state index contributed by atoms with van der Waals surface area (Å²) in [6.45, 7) is 6.26. The summed E-state index contributed by atoms with van der Waals surface area (Å²) in [4.78, 5) is 26.8. The summed E-state index contributed by atoms with van der Waals surface area (Å²) in [6.07, 6.45) is 5.29. The van der Waals surface area contributed by atoms with E-state index in [1.54, 1.807) is 24.3 Å². The summed E-state index contributed by atoms with van der Waals surface area (Å²) in [5, 5.41) is 14.8. The topological polar surface area (TPSA) is 102 Å². The van der Waals surface area contributed by atoms with Gasteiger partial charge in [0.1, 0.15) is 5.75 Å². The predicted molar refractivity (Wildman–Crippen MR) is 123 cm³/mol. The number of anilines is 1. The van der Waals surface area contributed by atoms with Gasteiger partial charge in [-0.05, 0) is 30.0 Å². The Morgan fingerprint density at radius 3 is 2.59 bits per heavy atom. The van der Waals surface area contributed by atoms with Gasteiger partial charge in [-0.3, -0.25) is 9.59 Å². The zero-order valence-corrected chi connectivity index (χ0v) is 19.0. The van der Waals surface area contributed by atoms with Gasteiger partial charge >= 0.3 is 0 Å². The minimum Gasteiger partial charge on any atom is -0.454 e. The van der Waals surface area contributed by atoms with E-state index in [-0.39, 0.29) is 35.1 Å². The maximum absolute atomic E-state index is 13.8. The molecule has 6 nitrogen and oxygen atoms in total. The average Bonchev–Trinajstić information content (AvgIpc) is 3.11. The highest BCUT2D eigenvalue weighted by Gasteiger charge is 2.72. The fraction of sp³-hybridized carbons (Fsp3) is 0.462.